The monoisotopic (exact) mass is 199 g/mol. The maximum Gasteiger partial charge on any atom is 0.148 e. The second-order valence-corrected chi connectivity index (χ2v) is 4.42. The summed E-state index contributed by atoms with van der Waals surface area (Å²) in [5.74, 6) is 0.291. The summed E-state index contributed by atoms with van der Waals surface area (Å²) in [6, 6.07) is 8.32. The van der Waals surface area contributed by atoms with Gasteiger partial charge in [0.1, 0.15) is 5.78 Å². The van der Waals surface area contributed by atoms with Crippen molar-refractivity contribution in [2.75, 3.05) is 0 Å². The van der Waals surface area contributed by atoms with E-state index in [0.717, 1.165) is 16.8 Å². The Bertz CT molecular complexity index is 543. The number of hydrogen-bond acceptors (Lipinski definition) is 1. The van der Waals surface area contributed by atoms with Gasteiger partial charge < -0.3 is 4.98 Å². The zero-order valence-corrected chi connectivity index (χ0v) is 8.87. The average Bonchev–Trinajstić information content (AvgIpc) is 2.68. The smallest absolute Gasteiger partial charge is 0.148 e. The van der Waals surface area contributed by atoms with Gasteiger partial charge in [-0.25, -0.2) is 0 Å². The third kappa shape index (κ3) is 1.08. The third-order valence-corrected chi connectivity index (χ3v) is 3.49. The number of fused-ring (bicyclic) bond motifs is 2. The van der Waals surface area contributed by atoms with Gasteiger partial charge in [-0.2, -0.15) is 0 Å². The van der Waals surface area contributed by atoms with E-state index in [2.05, 4.69) is 29.2 Å². The molecule has 2 unspecified atom stereocenters. The number of H-pyrrole nitrogens is 1. The lowest BCUT2D eigenvalue weighted by atomic mass is 9.88. The van der Waals surface area contributed by atoms with E-state index in [1.165, 1.54) is 5.39 Å². The molecule has 0 amide bonds. The molecule has 3 bridgehead atoms. The van der Waals surface area contributed by atoms with Crippen molar-refractivity contribution >= 4 is 16.7 Å². The van der Waals surface area contributed by atoms with Gasteiger partial charge in [0, 0.05) is 17.1 Å². The summed E-state index contributed by atoms with van der Waals surface area (Å²) in [5.41, 5.74) is 3.31. The second kappa shape index (κ2) is 2.72. The summed E-state index contributed by atoms with van der Waals surface area (Å²) < 4.78 is 0. The molecule has 0 radical (unpaired) electrons. The Hall–Kier alpha value is -1.57. The van der Waals surface area contributed by atoms with Crippen molar-refractivity contribution in [3.05, 3.63) is 35.5 Å². The molecule has 1 N–H and O–H groups in total. The molecular formula is C13H13NO. The molecule has 0 saturated heterocycles. The number of nitrogens with one attached hydrogen (secondary N) is 1. The zero-order chi connectivity index (χ0) is 10.6. The van der Waals surface area contributed by atoms with E-state index in [9.17, 15) is 4.79 Å². The molecule has 0 fully saturated rings. The van der Waals surface area contributed by atoms with Crippen molar-refractivity contribution in [3.8, 4) is 0 Å². The molecule has 15 heavy (non-hydrogen) atoms. The summed E-state index contributed by atoms with van der Waals surface area (Å²) >= 11 is 0. The van der Waals surface area contributed by atoms with Crippen molar-refractivity contribution in [2.45, 2.75) is 25.7 Å². The normalized spacial score (nSPS) is 24.8. The average molecular weight is 199 g/mol. The van der Waals surface area contributed by atoms with E-state index >= 15 is 0 Å². The van der Waals surface area contributed by atoms with Crippen LogP contribution in [0.5, 0.6) is 0 Å². The quantitative estimate of drug-likeness (QED) is 0.695. The van der Waals surface area contributed by atoms with Crippen LogP contribution in [0.15, 0.2) is 24.3 Å². The van der Waals surface area contributed by atoms with Crippen molar-refractivity contribution in [1.82, 2.24) is 4.98 Å². The molecular weight excluding hydrogens is 186 g/mol. The second-order valence-electron chi connectivity index (χ2n) is 4.42. The molecule has 76 valence electrons. The first-order valence-electron chi connectivity index (χ1n) is 5.33. The van der Waals surface area contributed by atoms with Crippen LogP contribution in [0.4, 0.5) is 0 Å². The number of aromatic amines is 1. The summed E-state index contributed by atoms with van der Waals surface area (Å²) in [4.78, 5) is 15.4. The highest BCUT2D eigenvalue weighted by atomic mass is 16.1. The topological polar surface area (TPSA) is 32.9 Å². The minimum Gasteiger partial charge on any atom is -0.358 e. The molecule has 0 spiro atoms. The summed E-state index contributed by atoms with van der Waals surface area (Å²) in [5, 5.41) is 1.20. The van der Waals surface area contributed by atoms with Gasteiger partial charge >= 0.3 is 0 Å². The van der Waals surface area contributed by atoms with E-state index in [0.29, 0.717) is 5.78 Å². The van der Waals surface area contributed by atoms with Crippen LogP contribution in [0, 0.1) is 0 Å². The molecule has 1 aromatic carbocycles. The maximum absolute atomic E-state index is 12.1. The van der Waals surface area contributed by atoms with E-state index in [1.807, 2.05) is 13.8 Å². The lowest BCUT2D eigenvalue weighted by Crippen LogP contribution is -2.17. The van der Waals surface area contributed by atoms with Crippen LogP contribution in [0.2, 0.25) is 0 Å². The standard InChI is InChI=1S/C13H13NO/c1-7-9-3-4-10-6-11(8(2)13(7)15)14-12(10)5-9/h3-8,14H,1-2H3. The van der Waals surface area contributed by atoms with Gasteiger partial charge in [0.05, 0.1) is 5.92 Å². The number of rotatable bonds is 0. The zero-order valence-electron chi connectivity index (χ0n) is 8.87. The summed E-state index contributed by atoms with van der Waals surface area (Å²) in [6.07, 6.45) is 0. The molecule has 1 aromatic heterocycles. The Labute approximate surface area is 88.3 Å². The molecule has 2 nitrogen and oxygen atoms in total. The van der Waals surface area contributed by atoms with Crippen molar-refractivity contribution in [1.29, 1.82) is 0 Å². The fourth-order valence-electron chi connectivity index (χ4n) is 2.36. The lowest BCUT2D eigenvalue weighted by Gasteiger charge is -2.17. The maximum atomic E-state index is 12.1. The van der Waals surface area contributed by atoms with Crippen molar-refractivity contribution in [3.63, 3.8) is 0 Å². The summed E-state index contributed by atoms with van der Waals surface area (Å²) in [7, 11) is 0. The van der Waals surface area contributed by atoms with Crippen LogP contribution < -0.4 is 0 Å². The Balaban J connectivity index is 2.39. The van der Waals surface area contributed by atoms with Crippen LogP contribution in [0.3, 0.4) is 0 Å². The van der Waals surface area contributed by atoms with Gasteiger partial charge in [-0.1, -0.05) is 19.1 Å². The number of Topliss-reactive ketones (excluding diaryl/α,β-unsaturated/α-hetero) is 1. The Morgan fingerprint density at radius 2 is 1.93 bits per heavy atom. The van der Waals surface area contributed by atoms with Crippen LogP contribution >= 0.6 is 0 Å². The highest BCUT2D eigenvalue weighted by molar-refractivity contribution is 5.95. The van der Waals surface area contributed by atoms with E-state index in [-0.39, 0.29) is 11.8 Å². The molecule has 0 aliphatic carbocycles. The minimum atomic E-state index is -0.0175. The van der Waals surface area contributed by atoms with Crippen LogP contribution in [0.25, 0.3) is 10.9 Å². The molecule has 2 aromatic rings. The van der Waals surface area contributed by atoms with Crippen LogP contribution in [-0.2, 0) is 4.79 Å². The van der Waals surface area contributed by atoms with Crippen molar-refractivity contribution in [2.24, 2.45) is 0 Å². The first-order valence-corrected chi connectivity index (χ1v) is 5.33. The Morgan fingerprint density at radius 1 is 1.13 bits per heavy atom. The Kier molecular flexibility index (Phi) is 1.58. The number of hydrogen-bond donors (Lipinski definition) is 1. The van der Waals surface area contributed by atoms with Gasteiger partial charge in [-0.3, -0.25) is 4.79 Å². The fourth-order valence-corrected chi connectivity index (χ4v) is 2.36. The van der Waals surface area contributed by atoms with Crippen LogP contribution in [0.1, 0.15) is 36.9 Å². The molecule has 2 heteroatoms. The number of carbonyl (C=O) groups is 1. The molecule has 2 atom stereocenters. The fraction of sp³-hybridized carbons (Fsp3) is 0.308. The predicted molar refractivity (Wildman–Crippen MR) is 60.1 cm³/mol. The largest absolute Gasteiger partial charge is 0.358 e. The first-order chi connectivity index (χ1) is 7.16. The third-order valence-electron chi connectivity index (χ3n) is 3.49. The minimum absolute atomic E-state index is 0.0106. The number of ketones is 1. The van der Waals surface area contributed by atoms with Crippen LogP contribution in [-0.4, -0.2) is 10.8 Å². The number of benzene rings is 1. The van der Waals surface area contributed by atoms with Gasteiger partial charge in [-0.05, 0) is 30.0 Å². The number of aromatic nitrogens is 1. The van der Waals surface area contributed by atoms with Gasteiger partial charge in [0.25, 0.3) is 0 Å². The molecule has 1 aliphatic heterocycles. The highest BCUT2D eigenvalue weighted by Gasteiger charge is 2.26. The van der Waals surface area contributed by atoms with Gasteiger partial charge in [0.15, 0.2) is 0 Å². The predicted octanol–water partition coefficient (Wildman–Crippen LogP) is 2.96. The Morgan fingerprint density at radius 3 is 2.73 bits per heavy atom. The van der Waals surface area contributed by atoms with E-state index in [1.54, 1.807) is 0 Å². The molecule has 1 aliphatic rings. The van der Waals surface area contributed by atoms with Gasteiger partial charge in [-0.15, -0.1) is 0 Å². The molecule has 2 heterocycles. The highest BCUT2D eigenvalue weighted by Crippen LogP contribution is 2.32. The molecule has 3 rings (SSSR count). The molecule has 0 saturated carbocycles. The first kappa shape index (κ1) is 8.72. The number of carbonyl (C=O) groups excluding carboxylic acids is 1. The summed E-state index contributed by atoms with van der Waals surface area (Å²) in [6.45, 7) is 3.97. The van der Waals surface area contributed by atoms with E-state index < -0.39 is 0 Å². The van der Waals surface area contributed by atoms with E-state index in [4.69, 9.17) is 0 Å². The van der Waals surface area contributed by atoms with Crippen molar-refractivity contribution < 1.29 is 4.79 Å². The SMILES string of the molecule is CC1C(=O)C(C)c2cc3ccc1cc3[nH]2. The van der Waals surface area contributed by atoms with Gasteiger partial charge in [0.2, 0.25) is 0 Å². The lowest BCUT2D eigenvalue weighted by molar-refractivity contribution is -0.121.